The van der Waals surface area contributed by atoms with Crippen LogP contribution in [0.15, 0.2) is 12.4 Å². The van der Waals surface area contributed by atoms with E-state index in [1.54, 1.807) is 12.4 Å². The number of hydrogen-bond donors (Lipinski definition) is 1. The normalized spacial score (nSPS) is 15.2. The Bertz CT molecular complexity index is 371. The summed E-state index contributed by atoms with van der Waals surface area (Å²) >= 11 is 0. The summed E-state index contributed by atoms with van der Waals surface area (Å²) in [7, 11) is 0. The summed E-state index contributed by atoms with van der Waals surface area (Å²) < 4.78 is 0. The van der Waals surface area contributed by atoms with Gasteiger partial charge in [-0.05, 0) is 19.8 Å². The van der Waals surface area contributed by atoms with Gasteiger partial charge in [0, 0.05) is 32.0 Å². The van der Waals surface area contributed by atoms with Crippen LogP contribution in [0.25, 0.3) is 0 Å². The van der Waals surface area contributed by atoms with E-state index in [2.05, 4.69) is 15.3 Å². The van der Waals surface area contributed by atoms with Gasteiger partial charge in [0.25, 0.3) is 0 Å². The first-order chi connectivity index (χ1) is 8.25. The lowest BCUT2D eigenvalue weighted by atomic mass is 10.4. The van der Waals surface area contributed by atoms with Crippen LogP contribution in [0.2, 0.25) is 0 Å². The standard InChI is InChI=1S/C12H18N4O/c1-10-6-15-11(8-14-10)7-13-9-12(17)16-4-2-3-5-16/h6,8,13H,2-5,7,9H2,1H3. The monoisotopic (exact) mass is 234 g/mol. The molecule has 5 nitrogen and oxygen atoms in total. The van der Waals surface area contributed by atoms with Gasteiger partial charge in [-0.1, -0.05) is 0 Å². The second kappa shape index (κ2) is 5.72. The van der Waals surface area contributed by atoms with Crippen molar-refractivity contribution < 1.29 is 4.79 Å². The van der Waals surface area contributed by atoms with Gasteiger partial charge in [-0.15, -0.1) is 0 Å². The molecule has 1 aliphatic heterocycles. The van der Waals surface area contributed by atoms with Crippen molar-refractivity contribution in [3.8, 4) is 0 Å². The van der Waals surface area contributed by atoms with Crippen LogP contribution in [0.5, 0.6) is 0 Å². The average Bonchev–Trinajstić information content (AvgIpc) is 2.85. The van der Waals surface area contributed by atoms with E-state index in [-0.39, 0.29) is 5.91 Å². The zero-order valence-corrected chi connectivity index (χ0v) is 10.1. The Morgan fingerprint density at radius 1 is 1.35 bits per heavy atom. The molecular weight excluding hydrogens is 216 g/mol. The minimum atomic E-state index is 0.183. The highest BCUT2D eigenvalue weighted by molar-refractivity contribution is 5.78. The molecule has 2 heterocycles. The van der Waals surface area contributed by atoms with Crippen LogP contribution < -0.4 is 5.32 Å². The predicted octanol–water partition coefficient (Wildman–Crippen LogP) is 0.497. The molecule has 92 valence electrons. The SMILES string of the molecule is Cc1cnc(CNCC(=O)N2CCCC2)cn1. The summed E-state index contributed by atoms with van der Waals surface area (Å²) in [5.41, 5.74) is 1.77. The van der Waals surface area contributed by atoms with Gasteiger partial charge in [-0.3, -0.25) is 14.8 Å². The highest BCUT2D eigenvalue weighted by Crippen LogP contribution is 2.06. The quantitative estimate of drug-likeness (QED) is 0.824. The lowest BCUT2D eigenvalue weighted by Crippen LogP contribution is -2.36. The molecule has 1 amide bonds. The van der Waals surface area contributed by atoms with Crippen LogP contribution in [0.4, 0.5) is 0 Å². The molecule has 0 bridgehead atoms. The van der Waals surface area contributed by atoms with Gasteiger partial charge in [0.15, 0.2) is 0 Å². The fourth-order valence-electron chi connectivity index (χ4n) is 1.89. The Labute approximate surface area is 101 Å². The van der Waals surface area contributed by atoms with Crippen molar-refractivity contribution >= 4 is 5.91 Å². The maximum Gasteiger partial charge on any atom is 0.236 e. The molecule has 0 radical (unpaired) electrons. The summed E-state index contributed by atoms with van der Waals surface area (Å²) in [6.45, 7) is 4.69. The number of nitrogens with zero attached hydrogens (tertiary/aromatic N) is 3. The van der Waals surface area contributed by atoms with Crippen molar-refractivity contribution in [3.63, 3.8) is 0 Å². The van der Waals surface area contributed by atoms with Gasteiger partial charge in [-0.25, -0.2) is 0 Å². The van der Waals surface area contributed by atoms with E-state index in [1.807, 2.05) is 11.8 Å². The van der Waals surface area contributed by atoms with E-state index in [4.69, 9.17) is 0 Å². The van der Waals surface area contributed by atoms with Gasteiger partial charge in [0.1, 0.15) is 0 Å². The lowest BCUT2D eigenvalue weighted by molar-refractivity contribution is -0.129. The van der Waals surface area contributed by atoms with Crippen molar-refractivity contribution in [1.29, 1.82) is 0 Å². The molecule has 0 aliphatic carbocycles. The van der Waals surface area contributed by atoms with Crippen molar-refractivity contribution in [1.82, 2.24) is 20.2 Å². The van der Waals surface area contributed by atoms with Crippen LogP contribution in [0, 0.1) is 6.92 Å². The van der Waals surface area contributed by atoms with E-state index in [9.17, 15) is 4.79 Å². The Kier molecular flexibility index (Phi) is 4.03. The molecule has 0 atom stereocenters. The molecule has 1 saturated heterocycles. The Hall–Kier alpha value is -1.49. The third kappa shape index (κ3) is 3.49. The summed E-state index contributed by atoms with van der Waals surface area (Å²) in [6, 6.07) is 0. The highest BCUT2D eigenvalue weighted by Gasteiger charge is 2.16. The molecule has 1 aliphatic rings. The third-order valence-corrected chi connectivity index (χ3v) is 2.88. The molecule has 1 fully saturated rings. The number of likely N-dealkylation sites (tertiary alicyclic amines) is 1. The first kappa shape index (κ1) is 12.0. The summed E-state index contributed by atoms with van der Waals surface area (Å²) in [4.78, 5) is 22.0. The molecular formula is C12H18N4O. The Balaban J connectivity index is 1.72. The smallest absolute Gasteiger partial charge is 0.236 e. The molecule has 1 aromatic rings. The fourth-order valence-corrected chi connectivity index (χ4v) is 1.89. The van der Waals surface area contributed by atoms with Crippen LogP contribution >= 0.6 is 0 Å². The molecule has 1 N–H and O–H groups in total. The Morgan fingerprint density at radius 3 is 2.76 bits per heavy atom. The molecule has 0 aromatic carbocycles. The molecule has 5 heteroatoms. The minimum absolute atomic E-state index is 0.183. The van der Waals surface area contributed by atoms with E-state index in [1.165, 1.54) is 0 Å². The zero-order valence-electron chi connectivity index (χ0n) is 10.1. The topological polar surface area (TPSA) is 58.1 Å². The maximum absolute atomic E-state index is 11.7. The lowest BCUT2D eigenvalue weighted by Gasteiger charge is -2.15. The van der Waals surface area contributed by atoms with E-state index >= 15 is 0 Å². The average molecular weight is 234 g/mol. The van der Waals surface area contributed by atoms with Crippen molar-refractivity contribution in [3.05, 3.63) is 23.8 Å². The molecule has 1 aromatic heterocycles. The van der Waals surface area contributed by atoms with Gasteiger partial charge >= 0.3 is 0 Å². The maximum atomic E-state index is 11.7. The van der Waals surface area contributed by atoms with Crippen LogP contribution in [-0.2, 0) is 11.3 Å². The predicted molar refractivity (Wildman–Crippen MR) is 64.3 cm³/mol. The molecule has 2 rings (SSSR count). The number of rotatable bonds is 4. The van der Waals surface area contributed by atoms with E-state index in [0.29, 0.717) is 13.1 Å². The number of amides is 1. The number of hydrogen-bond acceptors (Lipinski definition) is 4. The highest BCUT2D eigenvalue weighted by atomic mass is 16.2. The number of aromatic nitrogens is 2. The van der Waals surface area contributed by atoms with Crippen LogP contribution in [0.1, 0.15) is 24.2 Å². The third-order valence-electron chi connectivity index (χ3n) is 2.88. The van der Waals surface area contributed by atoms with Crippen molar-refractivity contribution in [2.45, 2.75) is 26.3 Å². The van der Waals surface area contributed by atoms with Gasteiger partial charge in [0.2, 0.25) is 5.91 Å². The number of aryl methyl sites for hydroxylation is 1. The van der Waals surface area contributed by atoms with Gasteiger partial charge < -0.3 is 10.2 Å². The van der Waals surface area contributed by atoms with Gasteiger partial charge in [-0.2, -0.15) is 0 Å². The van der Waals surface area contributed by atoms with E-state index < -0.39 is 0 Å². The first-order valence-corrected chi connectivity index (χ1v) is 6.02. The minimum Gasteiger partial charge on any atom is -0.342 e. The molecule has 0 spiro atoms. The summed E-state index contributed by atoms with van der Waals surface area (Å²) in [6.07, 6.45) is 5.74. The molecule has 0 unspecified atom stereocenters. The first-order valence-electron chi connectivity index (χ1n) is 6.02. The fraction of sp³-hybridized carbons (Fsp3) is 0.583. The molecule has 0 saturated carbocycles. The van der Waals surface area contributed by atoms with Crippen LogP contribution in [-0.4, -0.2) is 40.4 Å². The summed E-state index contributed by atoms with van der Waals surface area (Å²) in [5.74, 6) is 0.183. The van der Waals surface area contributed by atoms with Crippen molar-refractivity contribution in [2.75, 3.05) is 19.6 Å². The largest absolute Gasteiger partial charge is 0.342 e. The van der Waals surface area contributed by atoms with E-state index in [0.717, 1.165) is 37.3 Å². The van der Waals surface area contributed by atoms with Crippen LogP contribution in [0.3, 0.4) is 0 Å². The number of nitrogens with one attached hydrogen (secondary N) is 1. The zero-order chi connectivity index (χ0) is 12.1. The second-order valence-corrected chi connectivity index (χ2v) is 4.34. The molecule has 17 heavy (non-hydrogen) atoms. The van der Waals surface area contributed by atoms with Crippen molar-refractivity contribution in [2.24, 2.45) is 0 Å². The van der Waals surface area contributed by atoms with Gasteiger partial charge in [0.05, 0.1) is 17.9 Å². The number of carbonyl (C=O) groups is 1. The number of carbonyl (C=O) groups excluding carboxylic acids is 1. The summed E-state index contributed by atoms with van der Waals surface area (Å²) in [5, 5.41) is 3.10. The Morgan fingerprint density at radius 2 is 2.12 bits per heavy atom. The second-order valence-electron chi connectivity index (χ2n) is 4.34.